The van der Waals surface area contributed by atoms with Gasteiger partial charge in [-0.05, 0) is 55.3 Å². The minimum atomic E-state index is -0.161. The van der Waals surface area contributed by atoms with E-state index in [2.05, 4.69) is 17.6 Å². The van der Waals surface area contributed by atoms with Crippen molar-refractivity contribution in [2.24, 2.45) is 0 Å². The van der Waals surface area contributed by atoms with Crippen molar-refractivity contribution in [1.82, 2.24) is 0 Å². The summed E-state index contributed by atoms with van der Waals surface area (Å²) in [6, 6.07) is 10.9. The summed E-state index contributed by atoms with van der Waals surface area (Å²) in [5, 5.41) is 6.81. The summed E-state index contributed by atoms with van der Waals surface area (Å²) in [4.78, 5) is 11.9. The maximum Gasteiger partial charge on any atom is 0.243 e. The maximum atomic E-state index is 11.9. The van der Waals surface area contributed by atoms with E-state index in [0.717, 1.165) is 5.69 Å². The second-order valence-electron chi connectivity index (χ2n) is 4.86. The first-order valence-corrected chi connectivity index (χ1v) is 7.27. The number of carbonyl (C=O) groups is 1. The average Bonchev–Trinajstić information content (AvgIpc) is 2.39. The third-order valence-electron chi connectivity index (χ3n) is 3.11. The van der Waals surface area contributed by atoms with Crippen LogP contribution in [0.3, 0.4) is 0 Å². The number of halogens is 2. The van der Waals surface area contributed by atoms with Crippen LogP contribution in [0.25, 0.3) is 0 Å². The maximum absolute atomic E-state index is 11.9. The van der Waals surface area contributed by atoms with Crippen LogP contribution in [0.1, 0.15) is 11.1 Å². The largest absolute Gasteiger partial charge is 0.376 e. The monoisotopic (exact) mass is 322 g/mol. The zero-order valence-electron chi connectivity index (χ0n) is 11.8. The minimum absolute atomic E-state index is 0.161. The fourth-order valence-electron chi connectivity index (χ4n) is 1.86. The molecule has 0 aromatic heterocycles. The Morgan fingerprint density at radius 3 is 2.24 bits per heavy atom. The van der Waals surface area contributed by atoms with E-state index in [4.69, 9.17) is 23.2 Å². The van der Waals surface area contributed by atoms with Crippen molar-refractivity contribution in [1.29, 1.82) is 0 Å². The lowest BCUT2D eigenvalue weighted by Crippen LogP contribution is -2.21. The van der Waals surface area contributed by atoms with Crippen molar-refractivity contribution in [3.63, 3.8) is 0 Å². The minimum Gasteiger partial charge on any atom is -0.376 e. The summed E-state index contributed by atoms with van der Waals surface area (Å²) < 4.78 is 0. The molecule has 3 nitrogen and oxygen atoms in total. The van der Waals surface area contributed by atoms with Gasteiger partial charge in [0.15, 0.2) is 0 Å². The smallest absolute Gasteiger partial charge is 0.243 e. The number of hydrogen-bond acceptors (Lipinski definition) is 2. The molecule has 110 valence electrons. The Labute approximate surface area is 134 Å². The van der Waals surface area contributed by atoms with Gasteiger partial charge in [0.1, 0.15) is 0 Å². The molecule has 0 fully saturated rings. The molecule has 0 radical (unpaired) electrons. The number of rotatable bonds is 4. The molecule has 0 saturated heterocycles. The van der Waals surface area contributed by atoms with E-state index in [1.54, 1.807) is 18.2 Å². The molecule has 2 N–H and O–H groups in total. The number of nitrogens with one attached hydrogen (secondary N) is 2. The second-order valence-corrected chi connectivity index (χ2v) is 5.73. The van der Waals surface area contributed by atoms with Gasteiger partial charge < -0.3 is 10.6 Å². The van der Waals surface area contributed by atoms with Gasteiger partial charge in [0, 0.05) is 21.4 Å². The second kappa shape index (κ2) is 6.83. The number of aryl methyl sites for hydroxylation is 2. The molecule has 0 bridgehead atoms. The van der Waals surface area contributed by atoms with Crippen LogP contribution in [0.15, 0.2) is 36.4 Å². The van der Waals surface area contributed by atoms with Crippen molar-refractivity contribution in [2.45, 2.75) is 13.8 Å². The zero-order valence-corrected chi connectivity index (χ0v) is 13.3. The highest BCUT2D eigenvalue weighted by Crippen LogP contribution is 2.22. The van der Waals surface area contributed by atoms with Crippen molar-refractivity contribution >= 4 is 40.5 Å². The van der Waals surface area contributed by atoms with Crippen LogP contribution < -0.4 is 10.6 Å². The predicted octanol–water partition coefficient (Wildman–Crippen LogP) is 4.66. The van der Waals surface area contributed by atoms with Gasteiger partial charge in [-0.1, -0.05) is 29.3 Å². The third-order valence-corrected chi connectivity index (χ3v) is 3.54. The quantitative estimate of drug-likeness (QED) is 0.859. The van der Waals surface area contributed by atoms with E-state index in [1.807, 2.05) is 25.1 Å². The highest BCUT2D eigenvalue weighted by molar-refractivity contribution is 6.35. The molecule has 0 spiro atoms. The van der Waals surface area contributed by atoms with Crippen molar-refractivity contribution in [3.05, 3.63) is 57.6 Å². The molecule has 0 heterocycles. The van der Waals surface area contributed by atoms with E-state index >= 15 is 0 Å². The molecule has 1 amide bonds. The molecule has 0 aliphatic heterocycles. The molecule has 2 aromatic carbocycles. The summed E-state index contributed by atoms with van der Waals surface area (Å²) in [5.74, 6) is -0.161. The van der Waals surface area contributed by atoms with Crippen LogP contribution in [0.5, 0.6) is 0 Å². The van der Waals surface area contributed by atoms with Gasteiger partial charge in [-0.3, -0.25) is 4.79 Å². The van der Waals surface area contributed by atoms with Gasteiger partial charge in [-0.15, -0.1) is 0 Å². The molecule has 0 aliphatic carbocycles. The van der Waals surface area contributed by atoms with E-state index in [-0.39, 0.29) is 12.5 Å². The van der Waals surface area contributed by atoms with Crippen LogP contribution in [0.4, 0.5) is 11.4 Å². The fourth-order valence-corrected chi connectivity index (χ4v) is 2.39. The van der Waals surface area contributed by atoms with Gasteiger partial charge in [0.25, 0.3) is 0 Å². The van der Waals surface area contributed by atoms with Gasteiger partial charge in [0.2, 0.25) is 5.91 Å². The molecule has 0 atom stereocenters. The van der Waals surface area contributed by atoms with Gasteiger partial charge in [-0.2, -0.15) is 0 Å². The van der Waals surface area contributed by atoms with E-state index in [0.29, 0.717) is 15.7 Å². The molecule has 0 aliphatic rings. The topological polar surface area (TPSA) is 41.1 Å². The first kappa shape index (κ1) is 15.7. The van der Waals surface area contributed by atoms with Crippen LogP contribution in [-0.2, 0) is 4.79 Å². The summed E-state index contributed by atoms with van der Waals surface area (Å²) in [7, 11) is 0. The van der Waals surface area contributed by atoms with Gasteiger partial charge in [-0.25, -0.2) is 0 Å². The van der Waals surface area contributed by atoms with Crippen LogP contribution >= 0.6 is 23.2 Å². The van der Waals surface area contributed by atoms with E-state index < -0.39 is 0 Å². The highest BCUT2D eigenvalue weighted by Gasteiger charge is 2.05. The number of carbonyl (C=O) groups excluding carboxylic acids is 1. The van der Waals surface area contributed by atoms with Crippen LogP contribution in [-0.4, -0.2) is 12.5 Å². The Kier molecular flexibility index (Phi) is 5.10. The molecule has 0 saturated carbocycles. The summed E-state index contributed by atoms with van der Waals surface area (Å²) >= 11 is 11.8. The normalized spacial score (nSPS) is 10.3. The number of hydrogen-bond donors (Lipinski definition) is 2. The van der Waals surface area contributed by atoms with Crippen LogP contribution in [0.2, 0.25) is 10.0 Å². The molecular weight excluding hydrogens is 307 g/mol. The number of anilines is 2. The molecule has 5 heteroatoms. The Balaban J connectivity index is 1.94. The molecular formula is C16H16Cl2N2O. The Morgan fingerprint density at radius 1 is 0.952 bits per heavy atom. The Bertz CT molecular complexity index is 651. The molecule has 2 aromatic rings. The fraction of sp³-hybridized carbons (Fsp3) is 0.188. The predicted molar refractivity (Wildman–Crippen MR) is 89.5 cm³/mol. The SMILES string of the molecule is Cc1ccc(NCC(=O)Nc2cc(Cl)cc(Cl)c2)cc1C. The van der Waals surface area contributed by atoms with E-state index in [1.165, 1.54) is 11.1 Å². The van der Waals surface area contributed by atoms with Gasteiger partial charge in [0.05, 0.1) is 6.54 Å². The standard InChI is InChI=1S/C16H16Cl2N2O/c1-10-3-4-14(5-11(10)2)19-9-16(21)20-15-7-12(17)6-13(18)8-15/h3-8,19H,9H2,1-2H3,(H,20,21). The molecule has 0 unspecified atom stereocenters. The van der Waals surface area contributed by atoms with Crippen LogP contribution in [0, 0.1) is 13.8 Å². The lowest BCUT2D eigenvalue weighted by Gasteiger charge is -2.10. The number of amides is 1. The molecule has 2 rings (SSSR count). The Morgan fingerprint density at radius 2 is 1.62 bits per heavy atom. The zero-order chi connectivity index (χ0) is 15.4. The van der Waals surface area contributed by atoms with Crippen molar-refractivity contribution in [2.75, 3.05) is 17.2 Å². The lowest BCUT2D eigenvalue weighted by atomic mass is 10.1. The average molecular weight is 323 g/mol. The van der Waals surface area contributed by atoms with Crippen molar-refractivity contribution in [3.8, 4) is 0 Å². The summed E-state index contributed by atoms with van der Waals surface area (Å²) in [6.45, 7) is 4.26. The van der Waals surface area contributed by atoms with E-state index in [9.17, 15) is 4.79 Å². The summed E-state index contributed by atoms with van der Waals surface area (Å²) in [5.41, 5.74) is 3.90. The third kappa shape index (κ3) is 4.66. The highest BCUT2D eigenvalue weighted by atomic mass is 35.5. The Hall–Kier alpha value is -1.71. The first-order chi connectivity index (χ1) is 9.94. The van der Waals surface area contributed by atoms with Crippen molar-refractivity contribution < 1.29 is 4.79 Å². The summed E-state index contributed by atoms with van der Waals surface area (Å²) in [6.07, 6.45) is 0. The van der Waals surface area contributed by atoms with Gasteiger partial charge >= 0.3 is 0 Å². The first-order valence-electron chi connectivity index (χ1n) is 6.51. The number of benzene rings is 2. The molecule has 21 heavy (non-hydrogen) atoms. The lowest BCUT2D eigenvalue weighted by molar-refractivity contribution is -0.114.